The molecule has 0 aliphatic rings. The number of benzene rings is 1. The Kier molecular flexibility index (Phi) is 4.47. The lowest BCUT2D eigenvalue weighted by Crippen LogP contribution is -2.13. The van der Waals surface area contributed by atoms with E-state index in [-0.39, 0.29) is 0 Å². The van der Waals surface area contributed by atoms with Crippen LogP contribution in [0.25, 0.3) is 0 Å². The molecule has 0 atom stereocenters. The van der Waals surface area contributed by atoms with Crippen LogP contribution in [0.2, 0.25) is 0 Å². The molecule has 1 aromatic carbocycles. The first-order valence-electron chi connectivity index (χ1n) is 5.25. The molecule has 2 N–H and O–H groups in total. The van der Waals surface area contributed by atoms with Gasteiger partial charge in [-0.25, -0.2) is 0 Å². The Bertz CT molecular complexity index is 252. The highest BCUT2D eigenvalue weighted by Crippen LogP contribution is 2.15. The van der Waals surface area contributed by atoms with Gasteiger partial charge in [0.15, 0.2) is 0 Å². The minimum Gasteiger partial charge on any atom is -0.490 e. The van der Waals surface area contributed by atoms with Crippen molar-refractivity contribution in [1.29, 1.82) is 0 Å². The summed E-state index contributed by atoms with van der Waals surface area (Å²) in [6.45, 7) is 4.87. The molecule has 78 valence electrons. The molecule has 0 saturated carbocycles. The number of hydrogen-bond acceptors (Lipinski definition) is 2. The molecule has 0 aromatic heterocycles. The van der Waals surface area contributed by atoms with Crippen molar-refractivity contribution in [3.05, 3.63) is 29.8 Å². The molecule has 0 bridgehead atoms. The van der Waals surface area contributed by atoms with E-state index in [0.717, 1.165) is 24.2 Å². The Morgan fingerprint density at radius 1 is 1.14 bits per heavy atom. The van der Waals surface area contributed by atoms with Crippen molar-refractivity contribution >= 4 is 0 Å². The van der Waals surface area contributed by atoms with Gasteiger partial charge >= 0.3 is 0 Å². The van der Waals surface area contributed by atoms with Crippen LogP contribution in [-0.4, -0.2) is 6.10 Å². The zero-order valence-electron chi connectivity index (χ0n) is 8.99. The first-order valence-corrected chi connectivity index (χ1v) is 5.25. The van der Waals surface area contributed by atoms with Gasteiger partial charge in [-0.3, -0.25) is 0 Å². The molecule has 0 fully saturated rings. The summed E-state index contributed by atoms with van der Waals surface area (Å²) >= 11 is 0. The summed E-state index contributed by atoms with van der Waals surface area (Å²) < 4.78 is 5.77. The smallest absolute Gasteiger partial charge is 0.119 e. The molecule has 2 nitrogen and oxygen atoms in total. The molecule has 0 spiro atoms. The monoisotopic (exact) mass is 193 g/mol. The second-order valence-corrected chi connectivity index (χ2v) is 3.40. The summed E-state index contributed by atoms with van der Waals surface area (Å²) in [5.41, 5.74) is 6.65. The summed E-state index contributed by atoms with van der Waals surface area (Å²) in [7, 11) is 0. The predicted octanol–water partition coefficient (Wildman–Crippen LogP) is 2.71. The van der Waals surface area contributed by atoms with Crippen molar-refractivity contribution in [3.63, 3.8) is 0 Å². The number of hydrogen-bond donors (Lipinski definition) is 1. The maximum absolute atomic E-state index is 5.77. The molecule has 0 heterocycles. The summed E-state index contributed by atoms with van der Waals surface area (Å²) in [6, 6.07) is 8.00. The lowest BCUT2D eigenvalue weighted by molar-refractivity contribution is 0.193. The van der Waals surface area contributed by atoms with E-state index in [9.17, 15) is 0 Å². The van der Waals surface area contributed by atoms with Gasteiger partial charge in [0.2, 0.25) is 0 Å². The minimum absolute atomic E-state index is 0.332. The zero-order valence-corrected chi connectivity index (χ0v) is 8.99. The largest absolute Gasteiger partial charge is 0.490 e. The van der Waals surface area contributed by atoms with E-state index < -0.39 is 0 Å². The second-order valence-electron chi connectivity index (χ2n) is 3.40. The third kappa shape index (κ3) is 3.04. The van der Waals surface area contributed by atoms with Gasteiger partial charge in [0.1, 0.15) is 5.75 Å². The van der Waals surface area contributed by atoms with Gasteiger partial charge in [-0.15, -0.1) is 0 Å². The minimum atomic E-state index is 0.332. The van der Waals surface area contributed by atoms with Crippen molar-refractivity contribution in [2.75, 3.05) is 0 Å². The molecule has 14 heavy (non-hydrogen) atoms. The van der Waals surface area contributed by atoms with Gasteiger partial charge < -0.3 is 10.5 Å². The molecule has 0 aliphatic heterocycles. The average Bonchev–Trinajstić information content (AvgIpc) is 2.26. The predicted molar refractivity (Wildman–Crippen MR) is 59.3 cm³/mol. The number of rotatable bonds is 5. The lowest BCUT2D eigenvalue weighted by Gasteiger charge is -2.15. The Morgan fingerprint density at radius 3 is 2.14 bits per heavy atom. The molecule has 1 rings (SSSR count). The van der Waals surface area contributed by atoms with E-state index in [1.165, 1.54) is 0 Å². The molecule has 2 heteroatoms. The van der Waals surface area contributed by atoms with Gasteiger partial charge in [-0.1, -0.05) is 26.0 Å². The van der Waals surface area contributed by atoms with Gasteiger partial charge in [0.05, 0.1) is 6.10 Å². The molecule has 1 aromatic rings. The summed E-state index contributed by atoms with van der Waals surface area (Å²) in [6.07, 6.45) is 2.43. The maximum atomic E-state index is 5.77. The summed E-state index contributed by atoms with van der Waals surface area (Å²) in [4.78, 5) is 0. The van der Waals surface area contributed by atoms with Crippen LogP contribution in [0.1, 0.15) is 32.3 Å². The quantitative estimate of drug-likeness (QED) is 0.780. The van der Waals surface area contributed by atoms with Gasteiger partial charge in [0.25, 0.3) is 0 Å². The van der Waals surface area contributed by atoms with Crippen molar-refractivity contribution in [1.82, 2.24) is 0 Å². The normalized spacial score (nSPS) is 10.6. The highest BCUT2D eigenvalue weighted by Gasteiger charge is 2.04. The highest BCUT2D eigenvalue weighted by atomic mass is 16.5. The molecular weight excluding hydrogens is 174 g/mol. The molecule has 0 amide bonds. The second kappa shape index (κ2) is 5.66. The maximum Gasteiger partial charge on any atom is 0.119 e. The van der Waals surface area contributed by atoms with Crippen LogP contribution in [0.5, 0.6) is 5.75 Å². The first kappa shape index (κ1) is 11.1. The molecule has 0 radical (unpaired) electrons. The molecule has 0 saturated heterocycles. The fraction of sp³-hybridized carbons (Fsp3) is 0.500. The van der Waals surface area contributed by atoms with Crippen LogP contribution in [0, 0.1) is 0 Å². The highest BCUT2D eigenvalue weighted by molar-refractivity contribution is 5.27. The van der Waals surface area contributed by atoms with Crippen LogP contribution < -0.4 is 10.5 Å². The summed E-state index contributed by atoms with van der Waals surface area (Å²) in [5.74, 6) is 0.941. The van der Waals surface area contributed by atoms with E-state index in [1.807, 2.05) is 24.3 Å². The topological polar surface area (TPSA) is 35.2 Å². The lowest BCUT2D eigenvalue weighted by atomic mass is 10.2. The van der Waals surface area contributed by atoms with Crippen molar-refractivity contribution in [3.8, 4) is 5.75 Å². The number of nitrogens with two attached hydrogens (primary N) is 1. The van der Waals surface area contributed by atoms with E-state index in [2.05, 4.69) is 13.8 Å². The van der Waals surface area contributed by atoms with E-state index in [4.69, 9.17) is 10.5 Å². The van der Waals surface area contributed by atoms with Crippen LogP contribution in [0.3, 0.4) is 0 Å². The van der Waals surface area contributed by atoms with Crippen LogP contribution in [-0.2, 0) is 6.54 Å². The van der Waals surface area contributed by atoms with Gasteiger partial charge in [0, 0.05) is 6.54 Å². The Labute approximate surface area is 86.1 Å². The van der Waals surface area contributed by atoms with Crippen LogP contribution in [0.4, 0.5) is 0 Å². The fourth-order valence-corrected chi connectivity index (χ4v) is 1.35. The Hall–Kier alpha value is -1.02. The number of ether oxygens (including phenoxy) is 1. The summed E-state index contributed by atoms with van der Waals surface area (Å²) in [5, 5.41) is 0. The SMILES string of the molecule is CCC(CC)Oc1ccc(CN)cc1. The van der Waals surface area contributed by atoms with Crippen molar-refractivity contribution in [2.24, 2.45) is 5.73 Å². The van der Waals surface area contributed by atoms with Crippen LogP contribution >= 0.6 is 0 Å². The van der Waals surface area contributed by atoms with Gasteiger partial charge in [-0.2, -0.15) is 0 Å². The third-order valence-corrected chi connectivity index (χ3v) is 2.37. The van der Waals surface area contributed by atoms with Crippen LogP contribution in [0.15, 0.2) is 24.3 Å². The Morgan fingerprint density at radius 2 is 1.71 bits per heavy atom. The van der Waals surface area contributed by atoms with Crippen molar-refractivity contribution in [2.45, 2.75) is 39.3 Å². The average molecular weight is 193 g/mol. The van der Waals surface area contributed by atoms with Crippen molar-refractivity contribution < 1.29 is 4.74 Å². The van der Waals surface area contributed by atoms with Gasteiger partial charge in [-0.05, 0) is 30.5 Å². The van der Waals surface area contributed by atoms with E-state index >= 15 is 0 Å². The zero-order chi connectivity index (χ0) is 10.4. The Balaban J connectivity index is 2.58. The molecular formula is C12H19NO. The van der Waals surface area contributed by atoms with E-state index in [1.54, 1.807) is 0 Å². The fourth-order valence-electron chi connectivity index (χ4n) is 1.35. The first-order chi connectivity index (χ1) is 6.80. The van der Waals surface area contributed by atoms with E-state index in [0.29, 0.717) is 12.6 Å². The standard InChI is InChI=1S/C12H19NO/c1-3-11(4-2)14-12-7-5-10(9-13)6-8-12/h5-8,11H,3-4,9,13H2,1-2H3. The molecule has 0 aliphatic carbocycles. The third-order valence-electron chi connectivity index (χ3n) is 2.37. The molecule has 0 unspecified atom stereocenters.